The quantitative estimate of drug-likeness (QED) is 0.415. The summed E-state index contributed by atoms with van der Waals surface area (Å²) in [6.45, 7) is 0. The van der Waals surface area contributed by atoms with E-state index < -0.39 is 5.91 Å². The predicted molar refractivity (Wildman–Crippen MR) is 99.8 cm³/mol. The van der Waals surface area contributed by atoms with Crippen LogP contribution in [0.25, 0.3) is 0 Å². The normalized spacial score (nSPS) is 10.7. The molecule has 0 aliphatic carbocycles. The predicted octanol–water partition coefficient (Wildman–Crippen LogP) is 4.04. The van der Waals surface area contributed by atoms with E-state index in [1.807, 2.05) is 6.07 Å². The largest absolute Gasteiger partial charge is 0.495 e. The second-order valence-corrected chi connectivity index (χ2v) is 5.69. The third-order valence-corrected chi connectivity index (χ3v) is 3.72. The minimum atomic E-state index is -0.600. The maximum atomic E-state index is 12.2. The smallest absolute Gasteiger partial charge is 0.267 e. The Bertz CT molecular complexity index is 875. The van der Waals surface area contributed by atoms with Gasteiger partial charge in [0.15, 0.2) is 0 Å². The Hall–Kier alpha value is -2.88. The number of anilines is 3. The van der Waals surface area contributed by atoms with Gasteiger partial charge in [-0.25, -0.2) is 0 Å². The summed E-state index contributed by atoms with van der Waals surface area (Å²) < 4.78 is 5.19. The van der Waals surface area contributed by atoms with Gasteiger partial charge in [0.05, 0.1) is 23.5 Å². The van der Waals surface area contributed by atoms with Crippen molar-refractivity contribution >= 4 is 46.2 Å². The monoisotopic (exact) mass is 376 g/mol. The van der Waals surface area contributed by atoms with E-state index in [4.69, 9.17) is 33.7 Å². The molecule has 0 saturated heterocycles. The van der Waals surface area contributed by atoms with Crippen molar-refractivity contribution < 1.29 is 9.53 Å². The Balaban J connectivity index is 2.17. The fourth-order valence-corrected chi connectivity index (χ4v) is 2.25. The van der Waals surface area contributed by atoms with Crippen molar-refractivity contribution in [2.75, 3.05) is 23.5 Å². The lowest BCUT2D eigenvalue weighted by Gasteiger charge is -2.09. The van der Waals surface area contributed by atoms with Crippen molar-refractivity contribution in [3.05, 3.63) is 58.2 Å². The molecular weight excluding hydrogens is 363 g/mol. The first-order valence-electron chi connectivity index (χ1n) is 7.01. The molecule has 0 bridgehead atoms. The van der Waals surface area contributed by atoms with E-state index in [1.54, 1.807) is 30.3 Å². The van der Waals surface area contributed by atoms with Gasteiger partial charge < -0.3 is 21.1 Å². The molecule has 0 unspecified atom stereocenters. The van der Waals surface area contributed by atoms with Gasteiger partial charge in [-0.15, -0.1) is 0 Å². The molecule has 2 aromatic rings. The summed E-state index contributed by atoms with van der Waals surface area (Å²) >= 11 is 11.8. The minimum Gasteiger partial charge on any atom is -0.495 e. The van der Waals surface area contributed by atoms with Crippen molar-refractivity contribution in [3.63, 3.8) is 0 Å². The Morgan fingerprint density at radius 1 is 1.28 bits per heavy atom. The van der Waals surface area contributed by atoms with Gasteiger partial charge in [-0.05, 0) is 36.4 Å². The maximum absolute atomic E-state index is 12.2. The lowest BCUT2D eigenvalue weighted by Crippen LogP contribution is -2.14. The van der Waals surface area contributed by atoms with Crippen LogP contribution in [-0.4, -0.2) is 13.0 Å². The van der Waals surface area contributed by atoms with E-state index in [0.29, 0.717) is 32.9 Å². The molecule has 0 radical (unpaired) electrons. The molecule has 0 saturated carbocycles. The molecule has 8 heteroatoms. The van der Waals surface area contributed by atoms with Crippen molar-refractivity contribution in [1.82, 2.24) is 0 Å². The number of nitrogen functional groups attached to an aromatic ring is 1. The Morgan fingerprint density at radius 2 is 2.04 bits per heavy atom. The maximum Gasteiger partial charge on any atom is 0.267 e. The van der Waals surface area contributed by atoms with Gasteiger partial charge in [-0.1, -0.05) is 23.2 Å². The van der Waals surface area contributed by atoms with E-state index in [1.165, 1.54) is 19.4 Å². The molecule has 25 heavy (non-hydrogen) atoms. The average Bonchev–Trinajstić information content (AvgIpc) is 2.59. The van der Waals surface area contributed by atoms with Crippen LogP contribution in [0, 0.1) is 11.3 Å². The molecule has 2 aromatic carbocycles. The highest BCUT2D eigenvalue weighted by atomic mass is 35.5. The summed E-state index contributed by atoms with van der Waals surface area (Å²) in [5.41, 5.74) is 6.81. The van der Waals surface area contributed by atoms with Crippen LogP contribution >= 0.6 is 23.2 Å². The molecule has 2 rings (SSSR count). The number of ether oxygens (including phenoxy) is 1. The van der Waals surface area contributed by atoms with E-state index >= 15 is 0 Å². The number of carbonyl (C=O) groups excluding carboxylic acids is 1. The lowest BCUT2D eigenvalue weighted by molar-refractivity contribution is -0.112. The summed E-state index contributed by atoms with van der Waals surface area (Å²) in [6.07, 6.45) is 1.27. The number of methoxy groups -OCH3 is 1. The highest BCUT2D eigenvalue weighted by Gasteiger charge is 2.11. The summed E-state index contributed by atoms with van der Waals surface area (Å²) in [5.74, 6) is -0.0829. The van der Waals surface area contributed by atoms with Crippen LogP contribution in [0.3, 0.4) is 0 Å². The molecule has 0 spiro atoms. The van der Waals surface area contributed by atoms with E-state index in [2.05, 4.69) is 10.6 Å². The zero-order valence-corrected chi connectivity index (χ0v) is 14.7. The number of nitriles is 1. The van der Waals surface area contributed by atoms with Gasteiger partial charge in [0.1, 0.15) is 17.4 Å². The van der Waals surface area contributed by atoms with Crippen LogP contribution in [0.4, 0.5) is 17.1 Å². The molecule has 0 aromatic heterocycles. The number of halogens is 2. The minimum absolute atomic E-state index is 0.144. The van der Waals surface area contributed by atoms with E-state index in [-0.39, 0.29) is 5.57 Å². The third kappa shape index (κ3) is 4.80. The molecular formula is C17H14Cl2N4O2. The van der Waals surface area contributed by atoms with Crippen LogP contribution in [0.2, 0.25) is 10.0 Å². The fourth-order valence-electron chi connectivity index (χ4n) is 1.89. The summed E-state index contributed by atoms with van der Waals surface area (Å²) in [5, 5.41) is 15.4. The molecule has 128 valence electrons. The second kappa shape index (κ2) is 8.29. The highest BCUT2D eigenvalue weighted by Crippen LogP contribution is 2.28. The summed E-state index contributed by atoms with van der Waals surface area (Å²) in [7, 11) is 1.50. The Labute approximate surface area is 154 Å². The molecule has 4 N–H and O–H groups in total. The van der Waals surface area contributed by atoms with Gasteiger partial charge in [0.2, 0.25) is 0 Å². The number of nitrogens with one attached hydrogen (secondary N) is 2. The topological polar surface area (TPSA) is 100 Å². The van der Waals surface area contributed by atoms with Crippen molar-refractivity contribution in [2.45, 2.75) is 0 Å². The number of amides is 1. The van der Waals surface area contributed by atoms with E-state index in [0.717, 1.165) is 0 Å². The molecule has 0 atom stereocenters. The second-order valence-electron chi connectivity index (χ2n) is 4.85. The van der Waals surface area contributed by atoms with Gasteiger partial charge in [-0.3, -0.25) is 4.79 Å². The zero-order valence-electron chi connectivity index (χ0n) is 13.1. The molecule has 6 nitrogen and oxygen atoms in total. The van der Waals surface area contributed by atoms with Crippen LogP contribution in [0.15, 0.2) is 48.2 Å². The number of hydrogen-bond donors (Lipinski definition) is 3. The van der Waals surface area contributed by atoms with Gasteiger partial charge >= 0.3 is 0 Å². The first-order valence-corrected chi connectivity index (χ1v) is 7.77. The highest BCUT2D eigenvalue weighted by molar-refractivity contribution is 6.33. The molecule has 0 aliphatic heterocycles. The van der Waals surface area contributed by atoms with Crippen LogP contribution in [-0.2, 0) is 4.79 Å². The summed E-state index contributed by atoms with van der Waals surface area (Å²) in [6, 6.07) is 11.4. The standard InChI is InChI=1S/C17H14Cl2N4O2/c1-25-16-5-2-11(18)6-15(16)22-9-10(8-20)17(24)23-12-3-4-14(21)13(19)7-12/h2-7,9,22H,21H2,1H3,(H,23,24)/b10-9-. The van der Waals surface area contributed by atoms with Gasteiger partial charge in [0.25, 0.3) is 5.91 Å². The molecule has 0 heterocycles. The SMILES string of the molecule is COc1ccc(Cl)cc1N/C=C(/C#N)C(=O)Nc1ccc(N)c(Cl)c1. The summed E-state index contributed by atoms with van der Waals surface area (Å²) in [4.78, 5) is 12.2. The third-order valence-electron chi connectivity index (χ3n) is 3.16. The van der Waals surface area contributed by atoms with Crippen molar-refractivity contribution in [3.8, 4) is 11.8 Å². The zero-order chi connectivity index (χ0) is 18.4. The molecule has 0 aliphatic rings. The van der Waals surface area contributed by atoms with E-state index in [9.17, 15) is 10.1 Å². The number of rotatable bonds is 5. The van der Waals surface area contributed by atoms with Crippen molar-refractivity contribution in [2.24, 2.45) is 0 Å². The Morgan fingerprint density at radius 3 is 2.68 bits per heavy atom. The van der Waals surface area contributed by atoms with Crippen LogP contribution in [0.5, 0.6) is 5.75 Å². The van der Waals surface area contributed by atoms with Gasteiger partial charge in [-0.2, -0.15) is 5.26 Å². The molecule has 0 fully saturated rings. The number of hydrogen-bond acceptors (Lipinski definition) is 5. The number of benzene rings is 2. The Kier molecular flexibility index (Phi) is 6.12. The number of carbonyl (C=O) groups is 1. The fraction of sp³-hybridized carbons (Fsp3) is 0.0588. The number of nitrogens with zero attached hydrogens (tertiary/aromatic N) is 1. The molecule has 1 amide bonds. The van der Waals surface area contributed by atoms with Gasteiger partial charge in [0, 0.05) is 16.9 Å². The van der Waals surface area contributed by atoms with Crippen LogP contribution < -0.4 is 21.1 Å². The lowest BCUT2D eigenvalue weighted by atomic mass is 10.2. The number of nitrogens with two attached hydrogens (primary N) is 1. The van der Waals surface area contributed by atoms with Crippen molar-refractivity contribution in [1.29, 1.82) is 5.26 Å². The first-order chi connectivity index (χ1) is 11.9. The first kappa shape index (κ1) is 18.5. The van der Waals surface area contributed by atoms with Crippen LogP contribution in [0.1, 0.15) is 0 Å². The average molecular weight is 377 g/mol.